The van der Waals surface area contributed by atoms with Gasteiger partial charge in [0.05, 0.1) is 26.9 Å². The number of carbonyl (C=O) groups excluding carboxylic acids is 1. The van der Waals surface area contributed by atoms with Gasteiger partial charge in [-0.15, -0.1) is 0 Å². The van der Waals surface area contributed by atoms with Crippen molar-refractivity contribution in [2.24, 2.45) is 0 Å². The molecule has 1 saturated carbocycles. The maximum Gasteiger partial charge on any atom is 0.258 e. The Balaban J connectivity index is 2.39. The van der Waals surface area contributed by atoms with Crippen molar-refractivity contribution in [2.75, 3.05) is 33.2 Å². The Bertz CT molecular complexity index is 517. The first kappa shape index (κ1) is 15.9. The maximum atomic E-state index is 12.8. The SMILES string of the molecule is COc1ccc(C(=O)N(CCBr)C2CC2)c(OC)c1OC. The van der Waals surface area contributed by atoms with Gasteiger partial charge in [0, 0.05) is 17.9 Å². The Morgan fingerprint density at radius 1 is 1.19 bits per heavy atom. The van der Waals surface area contributed by atoms with Crippen molar-refractivity contribution in [3.8, 4) is 17.2 Å². The van der Waals surface area contributed by atoms with Gasteiger partial charge < -0.3 is 19.1 Å². The Kier molecular flexibility index (Phi) is 5.33. The normalized spacial score (nSPS) is 13.7. The van der Waals surface area contributed by atoms with Crippen LogP contribution in [-0.4, -0.2) is 50.1 Å². The first-order valence-electron chi connectivity index (χ1n) is 6.83. The van der Waals surface area contributed by atoms with Crippen LogP contribution in [0.2, 0.25) is 0 Å². The molecule has 5 nitrogen and oxygen atoms in total. The summed E-state index contributed by atoms with van der Waals surface area (Å²) < 4.78 is 16.0. The molecule has 6 heteroatoms. The lowest BCUT2D eigenvalue weighted by Gasteiger charge is -2.23. The van der Waals surface area contributed by atoms with Crippen molar-refractivity contribution in [1.29, 1.82) is 0 Å². The molecule has 0 heterocycles. The van der Waals surface area contributed by atoms with Gasteiger partial charge in [-0.05, 0) is 25.0 Å². The highest BCUT2D eigenvalue weighted by molar-refractivity contribution is 9.09. The third kappa shape index (κ3) is 3.26. The van der Waals surface area contributed by atoms with Gasteiger partial charge in [-0.1, -0.05) is 15.9 Å². The number of ether oxygens (including phenoxy) is 3. The smallest absolute Gasteiger partial charge is 0.258 e. The molecule has 0 N–H and O–H groups in total. The van der Waals surface area contributed by atoms with Crippen LogP contribution in [0.3, 0.4) is 0 Å². The summed E-state index contributed by atoms with van der Waals surface area (Å²) in [5.74, 6) is 1.38. The van der Waals surface area contributed by atoms with Gasteiger partial charge in [-0.2, -0.15) is 0 Å². The van der Waals surface area contributed by atoms with Crippen LogP contribution >= 0.6 is 15.9 Å². The summed E-state index contributed by atoms with van der Waals surface area (Å²) in [6, 6.07) is 3.80. The molecule has 1 aliphatic rings. The predicted octanol–water partition coefficient (Wildman–Crippen LogP) is 2.71. The summed E-state index contributed by atoms with van der Waals surface area (Å²) in [5, 5.41) is 0.755. The van der Waals surface area contributed by atoms with Gasteiger partial charge in [0.1, 0.15) is 0 Å². The largest absolute Gasteiger partial charge is 0.493 e. The van der Waals surface area contributed by atoms with E-state index in [0.717, 1.165) is 18.2 Å². The van der Waals surface area contributed by atoms with Crippen LogP contribution in [0.5, 0.6) is 17.2 Å². The lowest BCUT2D eigenvalue weighted by molar-refractivity contribution is 0.0750. The second-order valence-corrected chi connectivity index (χ2v) is 5.59. The van der Waals surface area contributed by atoms with E-state index in [9.17, 15) is 4.79 Å². The number of rotatable bonds is 7. The van der Waals surface area contributed by atoms with E-state index in [2.05, 4.69) is 15.9 Å². The fraction of sp³-hybridized carbons (Fsp3) is 0.533. The second kappa shape index (κ2) is 7.02. The van der Waals surface area contributed by atoms with Gasteiger partial charge in [0.25, 0.3) is 5.91 Å². The molecule has 1 aliphatic carbocycles. The van der Waals surface area contributed by atoms with Crippen LogP contribution in [0.4, 0.5) is 0 Å². The molecule has 0 radical (unpaired) electrons. The number of benzene rings is 1. The summed E-state index contributed by atoms with van der Waals surface area (Å²) >= 11 is 3.40. The molecular formula is C15H20BrNO4. The average Bonchev–Trinajstić information content (AvgIpc) is 3.34. The fourth-order valence-electron chi connectivity index (χ4n) is 2.35. The Hall–Kier alpha value is -1.43. The van der Waals surface area contributed by atoms with E-state index in [-0.39, 0.29) is 5.91 Å². The van der Waals surface area contributed by atoms with Crippen molar-refractivity contribution in [2.45, 2.75) is 18.9 Å². The molecule has 1 aromatic rings. The number of alkyl halides is 1. The zero-order chi connectivity index (χ0) is 15.4. The average molecular weight is 358 g/mol. The van der Waals surface area contributed by atoms with Gasteiger partial charge in [0.15, 0.2) is 11.5 Å². The van der Waals surface area contributed by atoms with Crippen LogP contribution in [0, 0.1) is 0 Å². The second-order valence-electron chi connectivity index (χ2n) is 4.80. The zero-order valence-electron chi connectivity index (χ0n) is 12.5. The van der Waals surface area contributed by atoms with Crippen molar-refractivity contribution in [3.63, 3.8) is 0 Å². The molecule has 0 bridgehead atoms. The van der Waals surface area contributed by atoms with E-state index in [1.165, 1.54) is 14.2 Å². The summed E-state index contributed by atoms with van der Waals surface area (Å²) in [5.41, 5.74) is 0.503. The lowest BCUT2D eigenvalue weighted by Crippen LogP contribution is -2.35. The molecule has 21 heavy (non-hydrogen) atoms. The number of hydrogen-bond donors (Lipinski definition) is 0. The van der Waals surface area contributed by atoms with Crippen LogP contribution in [0.15, 0.2) is 12.1 Å². The third-order valence-corrected chi connectivity index (χ3v) is 3.86. The molecule has 0 unspecified atom stereocenters. The van der Waals surface area contributed by atoms with Gasteiger partial charge >= 0.3 is 0 Å². The zero-order valence-corrected chi connectivity index (χ0v) is 14.1. The Labute approximate surface area is 133 Å². The summed E-state index contributed by atoms with van der Waals surface area (Å²) in [4.78, 5) is 14.7. The molecule has 0 atom stereocenters. The highest BCUT2D eigenvalue weighted by Crippen LogP contribution is 2.41. The van der Waals surface area contributed by atoms with Crippen molar-refractivity contribution in [3.05, 3.63) is 17.7 Å². The van der Waals surface area contributed by atoms with Crippen molar-refractivity contribution >= 4 is 21.8 Å². The molecule has 1 aromatic carbocycles. The van der Waals surface area contributed by atoms with Crippen LogP contribution in [0.1, 0.15) is 23.2 Å². The molecule has 0 aliphatic heterocycles. The minimum atomic E-state index is -0.0326. The first-order valence-corrected chi connectivity index (χ1v) is 7.96. The highest BCUT2D eigenvalue weighted by Gasteiger charge is 2.34. The van der Waals surface area contributed by atoms with Gasteiger partial charge in [0.2, 0.25) is 5.75 Å². The van der Waals surface area contributed by atoms with Crippen molar-refractivity contribution in [1.82, 2.24) is 4.90 Å². The molecule has 0 spiro atoms. The molecule has 2 rings (SSSR count). The number of nitrogens with zero attached hydrogens (tertiary/aromatic N) is 1. The fourth-order valence-corrected chi connectivity index (χ4v) is 2.73. The molecule has 1 fully saturated rings. The first-order chi connectivity index (χ1) is 10.2. The Morgan fingerprint density at radius 3 is 2.33 bits per heavy atom. The number of hydrogen-bond acceptors (Lipinski definition) is 4. The summed E-state index contributed by atoms with van der Waals surface area (Å²) in [6.45, 7) is 0.682. The monoisotopic (exact) mass is 357 g/mol. The standard InChI is InChI=1S/C15H20BrNO4/c1-19-12-7-6-11(13(20-2)14(12)21-3)15(18)17(9-8-16)10-4-5-10/h6-7,10H,4-5,8-9H2,1-3H3. The quantitative estimate of drug-likeness (QED) is 0.704. The number of methoxy groups -OCH3 is 3. The number of carbonyl (C=O) groups is 1. The van der Waals surface area contributed by atoms with E-state index in [1.807, 2.05) is 4.90 Å². The van der Waals surface area contributed by atoms with Gasteiger partial charge in [-0.3, -0.25) is 4.79 Å². The van der Waals surface area contributed by atoms with Gasteiger partial charge in [-0.25, -0.2) is 0 Å². The topological polar surface area (TPSA) is 48.0 Å². The van der Waals surface area contributed by atoms with E-state index in [4.69, 9.17) is 14.2 Å². The Morgan fingerprint density at radius 2 is 1.86 bits per heavy atom. The molecule has 1 amide bonds. The summed E-state index contributed by atoms with van der Waals surface area (Å²) in [6.07, 6.45) is 2.13. The van der Waals surface area contributed by atoms with Crippen molar-refractivity contribution < 1.29 is 19.0 Å². The molecule has 116 valence electrons. The number of halogens is 1. The minimum Gasteiger partial charge on any atom is -0.493 e. The molecule has 0 saturated heterocycles. The predicted molar refractivity (Wildman–Crippen MR) is 84.0 cm³/mol. The highest BCUT2D eigenvalue weighted by atomic mass is 79.9. The summed E-state index contributed by atoms with van der Waals surface area (Å²) in [7, 11) is 4.62. The van der Waals surface area contributed by atoms with E-state index >= 15 is 0 Å². The van der Waals surface area contributed by atoms with Crippen LogP contribution in [0.25, 0.3) is 0 Å². The van der Waals surface area contributed by atoms with Crippen LogP contribution < -0.4 is 14.2 Å². The maximum absolute atomic E-state index is 12.8. The molecular weight excluding hydrogens is 338 g/mol. The molecule has 0 aromatic heterocycles. The van der Waals surface area contributed by atoms with Crippen LogP contribution in [-0.2, 0) is 0 Å². The number of amides is 1. The lowest BCUT2D eigenvalue weighted by atomic mass is 10.1. The minimum absolute atomic E-state index is 0.0326. The third-order valence-electron chi connectivity index (χ3n) is 3.51. The van der Waals surface area contributed by atoms with E-state index < -0.39 is 0 Å². The van der Waals surface area contributed by atoms with E-state index in [1.54, 1.807) is 19.2 Å². The van der Waals surface area contributed by atoms with E-state index in [0.29, 0.717) is 35.4 Å².